The zero-order valence-electron chi connectivity index (χ0n) is 12.0. The standard InChI is InChI=1S/C16H17ClN2O2/c1-11(12-4-3-5-14(17)8-12)18-10-15-7-6-13(9-19-15)16(20)21-2/h3-9,11,18H,10H2,1-2H3/t11-/m1/s1. The van der Waals surface area contributed by atoms with Crippen molar-refractivity contribution >= 4 is 17.6 Å². The van der Waals surface area contributed by atoms with Crippen LogP contribution in [0.5, 0.6) is 0 Å². The molecule has 2 rings (SSSR count). The molecule has 0 radical (unpaired) electrons. The Balaban J connectivity index is 1.95. The monoisotopic (exact) mass is 304 g/mol. The maximum absolute atomic E-state index is 11.3. The van der Waals surface area contributed by atoms with Crippen molar-refractivity contribution in [1.82, 2.24) is 10.3 Å². The highest BCUT2D eigenvalue weighted by atomic mass is 35.5. The molecule has 110 valence electrons. The number of carbonyl (C=O) groups excluding carboxylic acids is 1. The van der Waals surface area contributed by atoms with Crippen molar-refractivity contribution in [3.05, 3.63) is 64.4 Å². The minimum atomic E-state index is -0.380. The van der Waals surface area contributed by atoms with E-state index in [1.807, 2.05) is 30.3 Å². The number of benzene rings is 1. The Morgan fingerprint density at radius 1 is 1.38 bits per heavy atom. The summed E-state index contributed by atoms with van der Waals surface area (Å²) in [7, 11) is 1.35. The Hall–Kier alpha value is -1.91. The lowest BCUT2D eigenvalue weighted by Gasteiger charge is -2.14. The third-order valence-corrected chi connectivity index (χ3v) is 3.42. The van der Waals surface area contributed by atoms with Gasteiger partial charge in [-0.3, -0.25) is 4.98 Å². The predicted octanol–water partition coefficient (Wildman–Crippen LogP) is 3.37. The van der Waals surface area contributed by atoms with Crippen molar-refractivity contribution in [3.8, 4) is 0 Å². The van der Waals surface area contributed by atoms with Crippen molar-refractivity contribution in [2.75, 3.05) is 7.11 Å². The van der Waals surface area contributed by atoms with Crippen molar-refractivity contribution < 1.29 is 9.53 Å². The number of carbonyl (C=O) groups is 1. The Morgan fingerprint density at radius 3 is 2.81 bits per heavy atom. The first-order valence-electron chi connectivity index (χ1n) is 6.62. The fraction of sp³-hybridized carbons (Fsp3) is 0.250. The van der Waals surface area contributed by atoms with Crippen molar-refractivity contribution in [3.63, 3.8) is 0 Å². The van der Waals surface area contributed by atoms with Crippen LogP contribution in [-0.2, 0) is 11.3 Å². The van der Waals surface area contributed by atoms with Crippen LogP contribution in [0, 0.1) is 0 Å². The lowest BCUT2D eigenvalue weighted by Crippen LogP contribution is -2.18. The summed E-state index contributed by atoms with van der Waals surface area (Å²) >= 11 is 5.98. The van der Waals surface area contributed by atoms with Crippen LogP contribution in [-0.4, -0.2) is 18.1 Å². The first-order chi connectivity index (χ1) is 10.1. The SMILES string of the molecule is COC(=O)c1ccc(CN[C@H](C)c2cccc(Cl)c2)nc1. The van der Waals surface area contributed by atoms with Crippen LogP contribution in [0.25, 0.3) is 0 Å². The summed E-state index contributed by atoms with van der Waals surface area (Å²) in [6, 6.07) is 11.4. The maximum atomic E-state index is 11.3. The topological polar surface area (TPSA) is 51.2 Å². The van der Waals surface area contributed by atoms with Gasteiger partial charge in [-0.15, -0.1) is 0 Å². The van der Waals surface area contributed by atoms with Gasteiger partial charge in [-0.2, -0.15) is 0 Å². The van der Waals surface area contributed by atoms with Gasteiger partial charge in [0, 0.05) is 23.8 Å². The van der Waals surface area contributed by atoms with E-state index < -0.39 is 0 Å². The van der Waals surface area contributed by atoms with Crippen molar-refractivity contribution in [2.45, 2.75) is 19.5 Å². The molecule has 0 bridgehead atoms. The van der Waals surface area contributed by atoms with Crippen LogP contribution in [0.1, 0.15) is 34.6 Å². The smallest absolute Gasteiger partial charge is 0.339 e. The van der Waals surface area contributed by atoms with Gasteiger partial charge in [-0.1, -0.05) is 23.7 Å². The van der Waals surface area contributed by atoms with E-state index in [4.69, 9.17) is 11.6 Å². The molecule has 0 aliphatic carbocycles. The molecule has 2 aromatic rings. The molecule has 4 nitrogen and oxygen atoms in total. The van der Waals surface area contributed by atoms with E-state index in [9.17, 15) is 4.79 Å². The molecular formula is C16H17ClN2O2. The minimum Gasteiger partial charge on any atom is -0.465 e. The van der Waals surface area contributed by atoms with Crippen LogP contribution in [0.3, 0.4) is 0 Å². The zero-order chi connectivity index (χ0) is 15.2. The summed E-state index contributed by atoms with van der Waals surface area (Å²) in [5.74, 6) is -0.380. The first-order valence-corrected chi connectivity index (χ1v) is 7.00. The predicted molar refractivity (Wildman–Crippen MR) is 82.3 cm³/mol. The minimum absolute atomic E-state index is 0.158. The first kappa shape index (κ1) is 15.5. The highest BCUT2D eigenvalue weighted by Crippen LogP contribution is 2.17. The summed E-state index contributed by atoms with van der Waals surface area (Å²) in [5, 5.41) is 4.09. The summed E-state index contributed by atoms with van der Waals surface area (Å²) < 4.78 is 4.64. The Morgan fingerprint density at radius 2 is 2.19 bits per heavy atom. The van der Waals surface area contributed by atoms with Gasteiger partial charge >= 0.3 is 5.97 Å². The maximum Gasteiger partial charge on any atom is 0.339 e. The van der Waals surface area contributed by atoms with Gasteiger partial charge in [-0.05, 0) is 36.8 Å². The average molecular weight is 305 g/mol. The number of ether oxygens (including phenoxy) is 1. The molecule has 1 aromatic heterocycles. The molecule has 0 amide bonds. The molecule has 0 spiro atoms. The van der Waals surface area contributed by atoms with Crippen LogP contribution in [0.2, 0.25) is 5.02 Å². The Labute approximate surface area is 129 Å². The molecule has 1 aromatic carbocycles. The van der Waals surface area contributed by atoms with Gasteiger partial charge in [0.25, 0.3) is 0 Å². The largest absolute Gasteiger partial charge is 0.465 e. The van der Waals surface area contributed by atoms with E-state index in [1.54, 1.807) is 6.07 Å². The van der Waals surface area contributed by atoms with E-state index in [-0.39, 0.29) is 12.0 Å². The van der Waals surface area contributed by atoms with Gasteiger partial charge in [0.15, 0.2) is 0 Å². The molecule has 0 unspecified atom stereocenters. The van der Waals surface area contributed by atoms with Gasteiger partial charge in [0.1, 0.15) is 0 Å². The molecule has 0 aliphatic heterocycles. The number of halogens is 1. The molecule has 1 atom stereocenters. The van der Waals surface area contributed by atoms with E-state index >= 15 is 0 Å². The quantitative estimate of drug-likeness (QED) is 0.861. The lowest BCUT2D eigenvalue weighted by atomic mass is 10.1. The van der Waals surface area contributed by atoms with Crippen LogP contribution < -0.4 is 5.32 Å². The molecule has 21 heavy (non-hydrogen) atoms. The average Bonchev–Trinajstić information content (AvgIpc) is 2.52. The zero-order valence-corrected chi connectivity index (χ0v) is 12.7. The number of hydrogen-bond donors (Lipinski definition) is 1. The molecular weight excluding hydrogens is 288 g/mol. The Bertz CT molecular complexity index is 614. The second-order valence-electron chi connectivity index (χ2n) is 4.69. The third kappa shape index (κ3) is 4.28. The van der Waals surface area contributed by atoms with Gasteiger partial charge in [0.2, 0.25) is 0 Å². The number of nitrogens with zero attached hydrogens (tertiary/aromatic N) is 1. The van der Waals surface area contributed by atoms with E-state index in [2.05, 4.69) is 22.0 Å². The summed E-state index contributed by atoms with van der Waals surface area (Å²) in [4.78, 5) is 15.6. The van der Waals surface area contributed by atoms with Crippen LogP contribution >= 0.6 is 11.6 Å². The molecule has 0 saturated heterocycles. The number of methoxy groups -OCH3 is 1. The summed E-state index contributed by atoms with van der Waals surface area (Å²) in [6.07, 6.45) is 1.52. The molecule has 1 N–H and O–H groups in total. The van der Waals surface area contributed by atoms with Crippen LogP contribution in [0.4, 0.5) is 0 Å². The van der Waals surface area contributed by atoms with Crippen LogP contribution in [0.15, 0.2) is 42.6 Å². The number of aromatic nitrogens is 1. The molecule has 0 saturated carbocycles. The second-order valence-corrected chi connectivity index (χ2v) is 5.12. The fourth-order valence-corrected chi connectivity index (χ4v) is 2.12. The number of rotatable bonds is 5. The molecule has 0 aliphatic rings. The molecule has 1 heterocycles. The van der Waals surface area contributed by atoms with E-state index in [0.29, 0.717) is 12.1 Å². The Kier molecular flexibility index (Phi) is 5.31. The third-order valence-electron chi connectivity index (χ3n) is 3.18. The highest BCUT2D eigenvalue weighted by Gasteiger charge is 2.08. The molecule has 5 heteroatoms. The van der Waals surface area contributed by atoms with Gasteiger partial charge in [-0.25, -0.2) is 4.79 Å². The number of nitrogens with one attached hydrogen (secondary N) is 1. The normalized spacial score (nSPS) is 12.0. The lowest BCUT2D eigenvalue weighted by molar-refractivity contribution is 0.0600. The van der Waals surface area contributed by atoms with E-state index in [0.717, 1.165) is 16.3 Å². The number of esters is 1. The molecule has 0 fully saturated rings. The highest BCUT2D eigenvalue weighted by molar-refractivity contribution is 6.30. The van der Waals surface area contributed by atoms with Gasteiger partial charge in [0.05, 0.1) is 18.4 Å². The number of hydrogen-bond acceptors (Lipinski definition) is 4. The van der Waals surface area contributed by atoms with E-state index in [1.165, 1.54) is 13.3 Å². The summed E-state index contributed by atoms with van der Waals surface area (Å²) in [5.41, 5.74) is 2.43. The fourth-order valence-electron chi connectivity index (χ4n) is 1.92. The van der Waals surface area contributed by atoms with Gasteiger partial charge < -0.3 is 10.1 Å². The number of pyridine rings is 1. The second kappa shape index (κ2) is 7.20. The summed E-state index contributed by atoms with van der Waals surface area (Å²) in [6.45, 7) is 2.67. The van der Waals surface area contributed by atoms with Crippen molar-refractivity contribution in [2.24, 2.45) is 0 Å². The van der Waals surface area contributed by atoms with Crippen molar-refractivity contribution in [1.29, 1.82) is 0 Å².